The summed E-state index contributed by atoms with van der Waals surface area (Å²) in [5, 5.41) is 23.6. The highest BCUT2D eigenvalue weighted by Crippen LogP contribution is 2.41. The molecule has 2 N–H and O–H groups in total. The van der Waals surface area contributed by atoms with Crippen molar-refractivity contribution in [2.75, 3.05) is 12.4 Å². The number of carboxylic acids is 1. The van der Waals surface area contributed by atoms with Crippen molar-refractivity contribution in [3.05, 3.63) is 33.9 Å². The molecule has 0 radical (unpaired) electrons. The second kappa shape index (κ2) is 7.76. The van der Waals surface area contributed by atoms with Crippen LogP contribution in [-0.2, 0) is 4.79 Å². The number of ether oxygens (including phenoxy) is 1. The highest BCUT2D eigenvalue weighted by atomic mass is 16.6. The first-order chi connectivity index (χ1) is 12.1. The van der Waals surface area contributed by atoms with E-state index in [9.17, 15) is 14.9 Å². The zero-order valence-corrected chi connectivity index (χ0v) is 15.6. The van der Waals surface area contributed by atoms with Crippen molar-refractivity contribution >= 4 is 23.4 Å². The normalized spacial score (nSPS) is 22.2. The summed E-state index contributed by atoms with van der Waals surface area (Å²) in [6.07, 6.45) is 5.24. The molecule has 0 heterocycles. The minimum Gasteiger partial charge on any atom is -0.496 e. The Morgan fingerprint density at radius 1 is 1.42 bits per heavy atom. The smallest absolute Gasteiger partial charge is 0.328 e. The molecule has 0 amide bonds. The molecule has 1 aromatic carbocycles. The lowest BCUT2D eigenvalue weighted by molar-refractivity contribution is -0.384. The number of nitro groups is 1. The predicted octanol–water partition coefficient (Wildman–Crippen LogP) is 4.33. The lowest BCUT2D eigenvalue weighted by atomic mass is 9.70. The highest BCUT2D eigenvalue weighted by Gasteiger charge is 2.33. The van der Waals surface area contributed by atoms with E-state index in [0.717, 1.165) is 25.3 Å². The number of benzene rings is 1. The van der Waals surface area contributed by atoms with Gasteiger partial charge >= 0.3 is 5.97 Å². The lowest BCUT2D eigenvalue weighted by Crippen LogP contribution is -2.35. The number of nitrogens with one attached hydrogen (secondary N) is 1. The van der Waals surface area contributed by atoms with Crippen molar-refractivity contribution in [2.45, 2.75) is 46.1 Å². The van der Waals surface area contributed by atoms with Gasteiger partial charge < -0.3 is 15.2 Å². The molecule has 0 aromatic heterocycles. The quantitative estimate of drug-likeness (QED) is 0.444. The number of carboxylic acid groups (broad SMARTS) is 1. The Labute approximate surface area is 153 Å². The van der Waals surface area contributed by atoms with Crippen LogP contribution in [0, 0.1) is 21.4 Å². The molecular weight excluding hydrogens is 336 g/mol. The fraction of sp³-hybridized carbons (Fsp3) is 0.526. The average Bonchev–Trinajstić information content (AvgIpc) is 2.50. The summed E-state index contributed by atoms with van der Waals surface area (Å²) in [6, 6.07) is 3.06. The molecular formula is C19H26N2O5. The molecule has 1 fully saturated rings. The van der Waals surface area contributed by atoms with Crippen LogP contribution in [0.1, 0.15) is 45.6 Å². The number of hydrogen-bond donors (Lipinski definition) is 2. The Hall–Kier alpha value is -2.57. The summed E-state index contributed by atoms with van der Waals surface area (Å²) in [5.41, 5.74) is 0.837. The highest BCUT2D eigenvalue weighted by molar-refractivity contribution is 5.86. The third-order valence-corrected chi connectivity index (χ3v) is 4.70. The molecule has 2 unspecified atom stereocenters. The number of anilines is 1. The van der Waals surface area contributed by atoms with Crippen molar-refractivity contribution in [3.8, 4) is 5.75 Å². The summed E-state index contributed by atoms with van der Waals surface area (Å²) >= 11 is 0. The molecule has 26 heavy (non-hydrogen) atoms. The van der Waals surface area contributed by atoms with Gasteiger partial charge in [0.05, 0.1) is 12.0 Å². The maximum Gasteiger partial charge on any atom is 0.328 e. The van der Waals surface area contributed by atoms with Gasteiger partial charge in [0.1, 0.15) is 11.4 Å². The molecule has 2 atom stereocenters. The molecule has 1 aliphatic rings. The van der Waals surface area contributed by atoms with E-state index in [2.05, 4.69) is 26.1 Å². The Kier molecular flexibility index (Phi) is 5.90. The number of carbonyl (C=O) groups is 1. The third-order valence-electron chi connectivity index (χ3n) is 4.70. The van der Waals surface area contributed by atoms with E-state index >= 15 is 0 Å². The van der Waals surface area contributed by atoms with Crippen molar-refractivity contribution < 1.29 is 19.6 Å². The monoisotopic (exact) mass is 362 g/mol. The van der Waals surface area contributed by atoms with E-state index in [1.165, 1.54) is 19.3 Å². The van der Waals surface area contributed by atoms with Crippen LogP contribution >= 0.6 is 0 Å². The predicted molar refractivity (Wildman–Crippen MR) is 101 cm³/mol. The molecule has 0 spiro atoms. The first-order valence-corrected chi connectivity index (χ1v) is 8.65. The zero-order valence-electron chi connectivity index (χ0n) is 15.6. The van der Waals surface area contributed by atoms with E-state index in [4.69, 9.17) is 9.84 Å². The van der Waals surface area contributed by atoms with Crippen LogP contribution in [0.2, 0.25) is 0 Å². The van der Waals surface area contributed by atoms with Gasteiger partial charge in [-0.05, 0) is 36.7 Å². The van der Waals surface area contributed by atoms with Crippen molar-refractivity contribution in [1.29, 1.82) is 0 Å². The van der Waals surface area contributed by atoms with Gasteiger partial charge in [-0.25, -0.2) is 4.79 Å². The van der Waals surface area contributed by atoms with E-state index in [1.54, 1.807) is 6.07 Å². The largest absolute Gasteiger partial charge is 0.496 e. The summed E-state index contributed by atoms with van der Waals surface area (Å²) < 4.78 is 5.30. The SMILES string of the molecule is COc1cc(NC2CC(C)CC(C)(C)C2)c([N+](=O)[O-])cc1C=CC(=O)O. The molecule has 1 aromatic rings. The van der Waals surface area contributed by atoms with Gasteiger partial charge in [0, 0.05) is 29.8 Å². The van der Waals surface area contributed by atoms with Gasteiger partial charge in [-0.3, -0.25) is 10.1 Å². The molecule has 1 aliphatic carbocycles. The Bertz CT molecular complexity index is 727. The lowest BCUT2D eigenvalue weighted by Gasteiger charge is -2.39. The molecule has 1 saturated carbocycles. The minimum absolute atomic E-state index is 0.0909. The van der Waals surface area contributed by atoms with Crippen molar-refractivity contribution in [2.24, 2.45) is 11.3 Å². The van der Waals surface area contributed by atoms with E-state index < -0.39 is 10.9 Å². The molecule has 0 bridgehead atoms. The minimum atomic E-state index is -1.13. The van der Waals surface area contributed by atoms with E-state index in [-0.39, 0.29) is 17.1 Å². The molecule has 142 valence electrons. The first-order valence-electron chi connectivity index (χ1n) is 8.65. The Morgan fingerprint density at radius 2 is 2.12 bits per heavy atom. The maximum atomic E-state index is 11.5. The zero-order chi connectivity index (χ0) is 19.5. The van der Waals surface area contributed by atoms with Crippen LogP contribution < -0.4 is 10.1 Å². The summed E-state index contributed by atoms with van der Waals surface area (Å²) in [4.78, 5) is 21.8. The van der Waals surface area contributed by atoms with E-state index in [0.29, 0.717) is 22.9 Å². The van der Waals surface area contributed by atoms with Crippen LogP contribution in [0.3, 0.4) is 0 Å². The third kappa shape index (κ3) is 4.97. The summed E-state index contributed by atoms with van der Waals surface area (Å²) in [7, 11) is 1.45. The molecule has 7 nitrogen and oxygen atoms in total. The van der Waals surface area contributed by atoms with Crippen LogP contribution in [0.25, 0.3) is 6.08 Å². The van der Waals surface area contributed by atoms with Crippen molar-refractivity contribution in [3.63, 3.8) is 0 Å². The number of hydrogen-bond acceptors (Lipinski definition) is 5. The summed E-state index contributed by atoms with van der Waals surface area (Å²) in [6.45, 7) is 6.63. The van der Waals surface area contributed by atoms with Crippen LogP contribution in [0.5, 0.6) is 5.75 Å². The maximum absolute atomic E-state index is 11.5. The molecule has 0 saturated heterocycles. The Morgan fingerprint density at radius 3 is 2.65 bits per heavy atom. The topological polar surface area (TPSA) is 102 Å². The fourth-order valence-corrected chi connectivity index (χ4v) is 4.00. The van der Waals surface area contributed by atoms with Gasteiger partial charge in [0.25, 0.3) is 5.69 Å². The van der Waals surface area contributed by atoms with Crippen LogP contribution in [0.4, 0.5) is 11.4 Å². The number of rotatable bonds is 6. The second-order valence-electron chi connectivity index (χ2n) is 7.79. The number of methoxy groups -OCH3 is 1. The van der Waals surface area contributed by atoms with Gasteiger partial charge in [-0.15, -0.1) is 0 Å². The van der Waals surface area contributed by atoms with Gasteiger partial charge in [0.15, 0.2) is 0 Å². The average molecular weight is 362 g/mol. The molecule has 2 rings (SSSR count). The van der Waals surface area contributed by atoms with Gasteiger partial charge in [0.2, 0.25) is 0 Å². The van der Waals surface area contributed by atoms with Crippen molar-refractivity contribution in [1.82, 2.24) is 0 Å². The van der Waals surface area contributed by atoms with Gasteiger partial charge in [-0.1, -0.05) is 20.8 Å². The van der Waals surface area contributed by atoms with Gasteiger partial charge in [-0.2, -0.15) is 0 Å². The standard InChI is InChI=1S/C19H26N2O5/c1-12-7-14(11-19(2,3)10-12)20-15-9-17(26-4)13(5-6-18(22)23)8-16(15)21(24)25/h5-6,8-9,12,14,20H,7,10-11H2,1-4H3,(H,22,23). The second-order valence-corrected chi connectivity index (χ2v) is 7.79. The number of nitro benzene ring substituents is 1. The first kappa shape index (κ1) is 19.8. The molecule has 7 heteroatoms. The summed E-state index contributed by atoms with van der Waals surface area (Å²) in [5.74, 6) is -0.205. The van der Waals surface area contributed by atoms with E-state index in [1.807, 2.05) is 0 Å². The molecule has 0 aliphatic heterocycles. The number of aliphatic carboxylic acids is 1. The fourth-order valence-electron chi connectivity index (χ4n) is 4.00. The Balaban J connectivity index is 2.38. The van der Waals surface area contributed by atoms with Crippen LogP contribution in [0.15, 0.2) is 18.2 Å². The van der Waals surface area contributed by atoms with Crippen LogP contribution in [-0.4, -0.2) is 29.2 Å². The number of nitrogens with zero attached hydrogens (tertiary/aromatic N) is 1.